The average Bonchev–Trinajstić information content (AvgIpc) is 2.58. The Hall–Kier alpha value is -2.31. The molecule has 0 spiro atoms. The average molecular weight is 386 g/mol. The van der Waals surface area contributed by atoms with Crippen molar-refractivity contribution in [3.8, 4) is 0 Å². The van der Waals surface area contributed by atoms with E-state index in [1.165, 1.54) is 5.56 Å². The van der Waals surface area contributed by atoms with Crippen LogP contribution < -0.4 is 10.6 Å². The predicted molar refractivity (Wildman–Crippen MR) is 114 cm³/mol. The predicted octanol–water partition coefficient (Wildman–Crippen LogP) is 3.84. The van der Waals surface area contributed by atoms with Crippen molar-refractivity contribution in [2.24, 2.45) is 0 Å². The van der Waals surface area contributed by atoms with E-state index in [1.807, 2.05) is 63.4 Å². The van der Waals surface area contributed by atoms with Crippen molar-refractivity contribution in [2.45, 2.75) is 25.7 Å². The lowest BCUT2D eigenvalue weighted by atomic mass is 10.1. The molecule has 0 aliphatic heterocycles. The highest BCUT2D eigenvalue weighted by atomic mass is 32.2. The quantitative estimate of drug-likeness (QED) is 0.711. The molecule has 0 radical (unpaired) electrons. The van der Waals surface area contributed by atoms with Crippen molar-refractivity contribution in [3.05, 3.63) is 53.1 Å². The summed E-state index contributed by atoms with van der Waals surface area (Å²) in [6, 6.07) is 11.8. The number of carbonyl (C=O) groups excluding carboxylic acids is 2. The zero-order valence-corrected chi connectivity index (χ0v) is 17.4. The number of carbonyl (C=O) groups is 2. The summed E-state index contributed by atoms with van der Waals surface area (Å²) in [7, 11) is 1.76. The number of hydrogen-bond acceptors (Lipinski definition) is 4. The molecule has 0 aliphatic carbocycles. The Labute approximate surface area is 165 Å². The van der Waals surface area contributed by atoms with Crippen LogP contribution in [0.1, 0.15) is 16.7 Å². The Morgan fingerprint density at radius 3 is 2.11 bits per heavy atom. The molecule has 0 aliphatic rings. The van der Waals surface area contributed by atoms with Crippen LogP contribution in [0.4, 0.5) is 11.4 Å². The zero-order chi connectivity index (χ0) is 20.0. The maximum Gasteiger partial charge on any atom is 0.238 e. The Bertz CT molecular complexity index is 813. The first-order chi connectivity index (χ1) is 12.8. The lowest BCUT2D eigenvalue weighted by Crippen LogP contribution is -2.36. The van der Waals surface area contributed by atoms with Crippen molar-refractivity contribution in [1.82, 2.24) is 4.90 Å². The van der Waals surface area contributed by atoms with E-state index in [2.05, 4.69) is 10.6 Å². The SMILES string of the molecule is CSc1ccccc1NC(=O)CN(C)CC(=O)Nc1c(C)cc(C)cc1C. The van der Waals surface area contributed by atoms with Gasteiger partial charge in [-0.2, -0.15) is 0 Å². The minimum atomic E-state index is -0.144. The number of benzene rings is 2. The third-order valence-corrected chi connectivity index (χ3v) is 4.95. The van der Waals surface area contributed by atoms with E-state index in [0.29, 0.717) is 0 Å². The summed E-state index contributed by atoms with van der Waals surface area (Å²) in [5.74, 6) is -0.278. The molecule has 5 nitrogen and oxygen atoms in total. The molecule has 2 aromatic carbocycles. The second kappa shape index (κ2) is 9.58. The van der Waals surface area contributed by atoms with Gasteiger partial charge in [-0.3, -0.25) is 14.5 Å². The molecule has 0 saturated carbocycles. The molecule has 6 heteroatoms. The molecular weight excluding hydrogens is 358 g/mol. The van der Waals surface area contributed by atoms with Crippen molar-refractivity contribution in [2.75, 3.05) is 37.0 Å². The Morgan fingerprint density at radius 1 is 0.963 bits per heavy atom. The number of hydrogen-bond donors (Lipinski definition) is 2. The summed E-state index contributed by atoms with van der Waals surface area (Å²) in [5, 5.41) is 5.87. The van der Waals surface area contributed by atoms with Crippen LogP contribution in [0.2, 0.25) is 0 Å². The summed E-state index contributed by atoms with van der Waals surface area (Å²) >= 11 is 1.58. The normalized spacial score (nSPS) is 10.7. The molecular formula is C21H27N3O2S. The first-order valence-corrected chi connectivity index (χ1v) is 10.0. The van der Waals surface area contributed by atoms with Gasteiger partial charge < -0.3 is 10.6 Å². The molecule has 2 amide bonds. The molecule has 0 heterocycles. The molecule has 0 fully saturated rings. The second-order valence-corrected chi connectivity index (χ2v) is 7.59. The van der Waals surface area contributed by atoms with Crippen molar-refractivity contribution in [1.29, 1.82) is 0 Å². The number of aryl methyl sites for hydroxylation is 3. The zero-order valence-electron chi connectivity index (χ0n) is 16.6. The van der Waals surface area contributed by atoms with E-state index in [0.717, 1.165) is 27.4 Å². The van der Waals surface area contributed by atoms with Gasteiger partial charge in [-0.05, 0) is 57.3 Å². The van der Waals surface area contributed by atoms with Gasteiger partial charge in [0.25, 0.3) is 0 Å². The summed E-state index contributed by atoms with van der Waals surface area (Å²) in [6.07, 6.45) is 1.97. The molecule has 27 heavy (non-hydrogen) atoms. The maximum absolute atomic E-state index is 12.4. The van der Waals surface area contributed by atoms with Gasteiger partial charge in [0.15, 0.2) is 0 Å². The van der Waals surface area contributed by atoms with Crippen LogP contribution in [0.5, 0.6) is 0 Å². The summed E-state index contributed by atoms with van der Waals surface area (Å²) in [5.41, 5.74) is 4.88. The topological polar surface area (TPSA) is 61.4 Å². The third kappa shape index (κ3) is 6.12. The van der Waals surface area contributed by atoms with Gasteiger partial charge in [-0.1, -0.05) is 29.8 Å². The number of para-hydroxylation sites is 1. The minimum absolute atomic E-state index is 0.134. The molecule has 0 aromatic heterocycles. The molecule has 0 bridgehead atoms. The summed E-state index contributed by atoms with van der Waals surface area (Å²) in [6.45, 7) is 6.28. The third-order valence-electron chi connectivity index (χ3n) is 4.15. The number of nitrogens with one attached hydrogen (secondary N) is 2. The Balaban J connectivity index is 1.90. The van der Waals surface area contributed by atoms with Crippen LogP contribution in [0, 0.1) is 20.8 Å². The van der Waals surface area contributed by atoms with Crippen LogP contribution in [-0.2, 0) is 9.59 Å². The van der Waals surface area contributed by atoms with E-state index >= 15 is 0 Å². The highest BCUT2D eigenvalue weighted by molar-refractivity contribution is 7.98. The van der Waals surface area contributed by atoms with E-state index < -0.39 is 0 Å². The maximum atomic E-state index is 12.4. The Morgan fingerprint density at radius 2 is 1.52 bits per heavy atom. The van der Waals surface area contributed by atoms with Crippen LogP contribution in [0.3, 0.4) is 0 Å². The second-order valence-electron chi connectivity index (χ2n) is 6.74. The van der Waals surface area contributed by atoms with E-state index in [9.17, 15) is 9.59 Å². The fraction of sp³-hybridized carbons (Fsp3) is 0.333. The van der Waals surface area contributed by atoms with Crippen LogP contribution in [-0.4, -0.2) is 43.1 Å². The first kappa shape index (κ1) is 21.0. The number of thioether (sulfide) groups is 1. The monoisotopic (exact) mass is 385 g/mol. The van der Waals surface area contributed by atoms with Crippen LogP contribution >= 0.6 is 11.8 Å². The van der Waals surface area contributed by atoms with E-state index in [4.69, 9.17) is 0 Å². The van der Waals surface area contributed by atoms with Gasteiger partial charge in [0.05, 0.1) is 18.8 Å². The van der Waals surface area contributed by atoms with Crippen molar-refractivity contribution in [3.63, 3.8) is 0 Å². The lowest BCUT2D eigenvalue weighted by Gasteiger charge is -2.18. The van der Waals surface area contributed by atoms with Crippen LogP contribution in [0.25, 0.3) is 0 Å². The fourth-order valence-corrected chi connectivity index (χ4v) is 3.59. The van der Waals surface area contributed by atoms with Gasteiger partial charge in [-0.15, -0.1) is 11.8 Å². The van der Waals surface area contributed by atoms with Crippen molar-refractivity contribution < 1.29 is 9.59 Å². The smallest absolute Gasteiger partial charge is 0.238 e. The van der Waals surface area contributed by atoms with Gasteiger partial charge in [0.1, 0.15) is 0 Å². The first-order valence-electron chi connectivity index (χ1n) is 8.79. The number of amides is 2. The highest BCUT2D eigenvalue weighted by Gasteiger charge is 2.14. The molecule has 2 rings (SSSR count). The number of rotatable bonds is 7. The highest BCUT2D eigenvalue weighted by Crippen LogP contribution is 2.24. The minimum Gasteiger partial charge on any atom is -0.324 e. The molecule has 144 valence electrons. The van der Waals surface area contributed by atoms with Gasteiger partial charge in [0, 0.05) is 10.6 Å². The van der Waals surface area contributed by atoms with Gasteiger partial charge >= 0.3 is 0 Å². The molecule has 0 unspecified atom stereocenters. The van der Waals surface area contributed by atoms with Crippen LogP contribution in [0.15, 0.2) is 41.3 Å². The summed E-state index contributed by atoms with van der Waals surface area (Å²) in [4.78, 5) is 27.4. The number of nitrogens with zero attached hydrogens (tertiary/aromatic N) is 1. The lowest BCUT2D eigenvalue weighted by molar-refractivity contribution is -0.119. The van der Waals surface area contributed by atoms with E-state index in [-0.39, 0.29) is 24.9 Å². The number of anilines is 2. The molecule has 2 N–H and O–H groups in total. The van der Waals surface area contributed by atoms with Crippen molar-refractivity contribution >= 4 is 35.0 Å². The van der Waals surface area contributed by atoms with Gasteiger partial charge in [-0.25, -0.2) is 0 Å². The molecule has 0 saturated heterocycles. The van der Waals surface area contributed by atoms with Gasteiger partial charge in [0.2, 0.25) is 11.8 Å². The molecule has 0 atom stereocenters. The fourth-order valence-electron chi connectivity index (χ4n) is 3.04. The molecule has 2 aromatic rings. The largest absolute Gasteiger partial charge is 0.324 e. The van der Waals surface area contributed by atoms with E-state index in [1.54, 1.807) is 23.7 Å². The standard InChI is InChI=1S/C21H27N3O2S/c1-14-10-15(2)21(16(3)11-14)23-20(26)13-24(4)12-19(25)22-17-8-6-7-9-18(17)27-5/h6-11H,12-13H2,1-5H3,(H,22,25)(H,23,26). The Kier molecular flexibility index (Phi) is 7.45. The summed E-state index contributed by atoms with van der Waals surface area (Å²) < 4.78 is 0. The number of likely N-dealkylation sites (N-methyl/N-ethyl adjacent to an activating group) is 1.